The highest BCUT2D eigenvalue weighted by molar-refractivity contribution is 8.19. The van der Waals surface area contributed by atoms with E-state index in [-0.39, 0.29) is 4.90 Å². The Morgan fingerprint density at radius 2 is 0.971 bits per heavy atom. The van der Waals surface area contributed by atoms with Gasteiger partial charge in [0.15, 0.2) is 30.7 Å². The first kappa shape index (κ1) is 77.4. The van der Waals surface area contributed by atoms with Gasteiger partial charge in [-0.2, -0.15) is 18.0 Å². The van der Waals surface area contributed by atoms with Gasteiger partial charge in [-0.1, -0.05) is 114 Å². The van der Waals surface area contributed by atoms with E-state index in [1.807, 2.05) is 189 Å². The number of sulfone groups is 2. The van der Waals surface area contributed by atoms with Crippen LogP contribution in [0.4, 0.5) is 0 Å². The fourth-order valence-electron chi connectivity index (χ4n) is 9.93. The number of rotatable bonds is 22. The largest absolute Gasteiger partial charge is 0.691 e. The first-order chi connectivity index (χ1) is 48.7. The summed E-state index contributed by atoms with van der Waals surface area (Å²) in [5.74, 6) is 2.10. The number of nitrogens with zero attached hydrogens (tertiary/aromatic N) is 5. The van der Waals surface area contributed by atoms with E-state index in [2.05, 4.69) is 55.5 Å². The molecule has 12 rings (SSSR count). The average Bonchev–Trinajstić information content (AvgIpc) is 0.842. The molecule has 0 bridgehead atoms. The molecule has 4 heterocycles. The second-order valence-corrected chi connectivity index (χ2v) is 32.5. The second-order valence-electron chi connectivity index (χ2n) is 23.5. The number of benzene rings is 8. The second kappa shape index (κ2) is 34.9. The molecular weight excluding hydrogens is 1420 g/mol. The highest BCUT2D eigenvalue weighted by atomic mass is 32.3. The SMILES string of the molecule is COOSc1ccc(/C(=C\c2cccc(-c3cc(C(C)(C)S(C)(=O)=O)cc4cccnc34)c2)c2[nH+]c(C)no2)cc1.COOSc1ccc(/C(=C\c2cccc(-c3cc(C(C)(C)S(C)(=O)=O)cc4cccnc34)c2)c2nc(C)no2)cc1.OS(O)(O)c1ccccc1.[O-]OOSc1ccccc1. The van der Waals surface area contributed by atoms with Crippen LogP contribution in [0.2, 0.25) is 0 Å². The minimum absolute atomic E-state index is 0.148. The smallest absolute Gasteiger partial charge is 0.346 e. The molecule has 0 aliphatic heterocycles. The van der Waals surface area contributed by atoms with Gasteiger partial charge in [-0.05, 0) is 188 Å². The molecule has 28 heteroatoms. The zero-order chi connectivity index (χ0) is 73.2. The lowest BCUT2D eigenvalue weighted by Gasteiger charge is -2.24. The van der Waals surface area contributed by atoms with Crippen LogP contribution < -0.4 is 10.2 Å². The van der Waals surface area contributed by atoms with Crippen molar-refractivity contribution in [3.8, 4) is 22.3 Å². The average molecular weight is 1490 g/mol. The lowest BCUT2D eigenvalue weighted by Crippen LogP contribution is -2.28. The van der Waals surface area contributed by atoms with Crippen molar-refractivity contribution in [2.24, 2.45) is 0 Å². The summed E-state index contributed by atoms with van der Waals surface area (Å²) in [6.45, 7) is 10.5. The van der Waals surface area contributed by atoms with Gasteiger partial charge in [0, 0.05) is 74.0 Å². The fourth-order valence-corrected chi connectivity index (χ4v) is 12.7. The van der Waals surface area contributed by atoms with Gasteiger partial charge in [0.25, 0.3) is 5.89 Å². The molecule has 0 atom stereocenters. The van der Waals surface area contributed by atoms with E-state index in [4.69, 9.17) is 31.4 Å². The number of H-pyrrole nitrogens is 1. The molecule has 102 heavy (non-hydrogen) atoms. The molecule has 0 aliphatic rings. The minimum Gasteiger partial charge on any atom is -0.691 e. The van der Waals surface area contributed by atoms with E-state index in [1.54, 1.807) is 65.2 Å². The lowest BCUT2D eigenvalue weighted by molar-refractivity contribution is -0.777. The Morgan fingerprint density at radius 1 is 0.520 bits per heavy atom. The minimum atomic E-state index is -3.50. The first-order valence-corrected chi connectivity index (χ1v) is 38.4. The predicted molar refractivity (Wildman–Crippen MR) is 396 cm³/mol. The van der Waals surface area contributed by atoms with Crippen LogP contribution in [0.1, 0.15) is 84.5 Å². The molecule has 4 aromatic heterocycles. The number of hydrogen-bond acceptors (Lipinski definition) is 24. The maximum absolute atomic E-state index is 12.7. The summed E-state index contributed by atoms with van der Waals surface area (Å²) in [4.78, 5) is 29.0. The van der Waals surface area contributed by atoms with E-state index >= 15 is 0 Å². The number of aromatic amines is 1. The molecule has 0 radical (unpaired) electrons. The van der Waals surface area contributed by atoms with E-state index in [0.717, 1.165) is 128 Å². The molecule has 0 spiro atoms. The molecule has 0 saturated heterocycles. The van der Waals surface area contributed by atoms with Crippen LogP contribution in [-0.4, -0.2) is 82.5 Å². The van der Waals surface area contributed by atoms with Crippen molar-refractivity contribution < 1.29 is 77.6 Å². The summed E-state index contributed by atoms with van der Waals surface area (Å²) >= 11 is 3.12. The predicted octanol–water partition coefficient (Wildman–Crippen LogP) is 16.7. The molecule has 0 amide bonds. The third-order valence-electron chi connectivity index (χ3n) is 15.9. The van der Waals surface area contributed by atoms with Crippen molar-refractivity contribution in [3.05, 3.63) is 275 Å². The number of fused-ring (bicyclic) bond motifs is 2. The van der Waals surface area contributed by atoms with Gasteiger partial charge < -0.3 is 23.4 Å². The van der Waals surface area contributed by atoms with Gasteiger partial charge in [0.2, 0.25) is 0 Å². The lowest BCUT2D eigenvalue weighted by atomic mass is 9.92. The quantitative estimate of drug-likeness (QED) is 0.0246. The molecular formula is C74H72N6O16S6. The van der Waals surface area contributed by atoms with Crippen LogP contribution in [0.25, 0.3) is 67.4 Å². The van der Waals surface area contributed by atoms with Gasteiger partial charge in [0.1, 0.15) is 10.9 Å². The third-order valence-corrected chi connectivity index (χ3v) is 22.9. The van der Waals surface area contributed by atoms with E-state index in [9.17, 15) is 22.1 Å². The van der Waals surface area contributed by atoms with E-state index in [1.165, 1.54) is 38.9 Å². The number of aryl methyl sites for hydroxylation is 2. The molecule has 4 N–H and O–H groups in total. The Balaban J connectivity index is 0.000000186. The molecule has 0 aliphatic carbocycles. The maximum atomic E-state index is 12.7. The van der Waals surface area contributed by atoms with Gasteiger partial charge in [-0.3, -0.25) is 15.0 Å². The summed E-state index contributed by atoms with van der Waals surface area (Å²) < 4.78 is 99.9. The van der Waals surface area contributed by atoms with Crippen LogP contribution in [0.5, 0.6) is 0 Å². The van der Waals surface area contributed by atoms with Gasteiger partial charge in [0.05, 0.1) is 81.3 Å². The fraction of sp³-hybridized carbons (Fsp3) is 0.162. The Kier molecular flexibility index (Phi) is 26.5. The number of aromatic nitrogens is 6. The molecule has 0 saturated carbocycles. The Bertz CT molecular complexity index is 4830. The number of pyridine rings is 2. The van der Waals surface area contributed by atoms with E-state index in [0.29, 0.717) is 34.6 Å². The van der Waals surface area contributed by atoms with Gasteiger partial charge in [-0.25, -0.2) is 36.1 Å². The van der Waals surface area contributed by atoms with Gasteiger partial charge >= 0.3 is 11.7 Å². The standard InChI is InChI=1S/2C31H29N3O5S2.C6H8O3S.C6H6O3S/c2*1-20-33-30(38-34-20)28(22-11-13-26(14-12-22)40-39-37-4)17-21-8-6-9-23(16-21)27-19-25(31(2,3)41(5,35)36)18-24-10-7-15-32-29(24)27;7-10(8,9)6-4-2-1-3-5-6;7-8-9-10-6-4-2-1-3-5-6/h2*6-19H,1-5H3;1-5,7-9H;1-5,7H/b2*28-17+;;. The van der Waals surface area contributed by atoms with Crippen molar-refractivity contribution in [1.29, 1.82) is 0 Å². The van der Waals surface area contributed by atoms with Crippen molar-refractivity contribution >= 4 is 112 Å². The van der Waals surface area contributed by atoms with Crippen LogP contribution in [0, 0.1) is 13.8 Å². The van der Waals surface area contributed by atoms with Gasteiger partial charge in [-0.15, -0.1) is 0 Å². The van der Waals surface area contributed by atoms with Crippen molar-refractivity contribution in [2.75, 3.05) is 26.7 Å². The molecule has 0 unspecified atom stereocenters. The molecule has 12 aromatic rings. The monoisotopic (exact) mass is 1490 g/mol. The zero-order valence-electron chi connectivity index (χ0n) is 56.8. The number of hydrogen-bond donors (Lipinski definition) is 3. The molecule has 8 aromatic carbocycles. The molecule has 0 fully saturated rings. The topological polar surface area (TPSA) is 312 Å². The van der Waals surface area contributed by atoms with E-state index < -0.39 is 40.0 Å². The highest BCUT2D eigenvalue weighted by Gasteiger charge is 2.35. The maximum Gasteiger partial charge on any atom is 0.346 e. The first-order valence-electron chi connectivity index (χ1n) is 30.9. The summed E-state index contributed by atoms with van der Waals surface area (Å²) in [5, 5.41) is 22.3. The summed E-state index contributed by atoms with van der Waals surface area (Å²) in [7, 11) is -7.36. The van der Waals surface area contributed by atoms with Crippen molar-refractivity contribution in [2.45, 2.75) is 70.6 Å². The Labute approximate surface area is 605 Å². The molecule has 22 nitrogen and oxygen atoms in total. The Hall–Kier alpha value is -8.76. The van der Waals surface area contributed by atoms with Crippen LogP contribution in [0.3, 0.4) is 0 Å². The third kappa shape index (κ3) is 20.3. The van der Waals surface area contributed by atoms with Crippen LogP contribution >= 0.6 is 47.0 Å². The summed E-state index contributed by atoms with van der Waals surface area (Å²) in [6, 6.07) is 63.9. The van der Waals surface area contributed by atoms with Crippen molar-refractivity contribution in [3.63, 3.8) is 0 Å². The summed E-state index contributed by atoms with van der Waals surface area (Å²) in [6.07, 6.45) is 10.0. The van der Waals surface area contributed by atoms with Crippen molar-refractivity contribution in [1.82, 2.24) is 25.3 Å². The Morgan fingerprint density at radius 3 is 1.38 bits per heavy atom. The van der Waals surface area contributed by atoms with Crippen LogP contribution in [0.15, 0.2) is 247 Å². The molecule has 530 valence electrons. The number of nitrogens with one attached hydrogen (secondary N) is 1. The van der Waals surface area contributed by atoms with Crippen LogP contribution in [-0.2, 0) is 57.0 Å². The highest BCUT2D eigenvalue weighted by Crippen LogP contribution is 2.43. The zero-order valence-corrected chi connectivity index (χ0v) is 61.7. The summed E-state index contributed by atoms with van der Waals surface area (Å²) in [5.41, 5.74) is 11.7. The normalized spacial score (nSPS) is 12.4.